The average molecular weight is 249 g/mol. The highest BCUT2D eigenvalue weighted by Gasteiger charge is 2.23. The SMILES string of the molecule is CCCN(C)c1cccc(OC2C[C@@H](C)CO2)c1. The molecule has 1 heterocycles. The molecule has 1 unspecified atom stereocenters. The molecule has 3 nitrogen and oxygen atoms in total. The van der Waals surface area contributed by atoms with E-state index >= 15 is 0 Å². The Kier molecular flexibility index (Phi) is 4.48. The Hall–Kier alpha value is -1.22. The minimum absolute atomic E-state index is 0.0771. The molecule has 18 heavy (non-hydrogen) atoms. The lowest BCUT2D eigenvalue weighted by Gasteiger charge is -2.20. The van der Waals surface area contributed by atoms with Crippen LogP contribution < -0.4 is 9.64 Å². The van der Waals surface area contributed by atoms with Crippen molar-refractivity contribution in [1.29, 1.82) is 0 Å². The van der Waals surface area contributed by atoms with Gasteiger partial charge in [-0.15, -0.1) is 0 Å². The van der Waals surface area contributed by atoms with E-state index in [0.717, 1.165) is 31.7 Å². The van der Waals surface area contributed by atoms with Gasteiger partial charge in [0.05, 0.1) is 6.61 Å². The van der Waals surface area contributed by atoms with Crippen LogP contribution in [0.15, 0.2) is 24.3 Å². The van der Waals surface area contributed by atoms with E-state index in [2.05, 4.69) is 37.9 Å². The van der Waals surface area contributed by atoms with Gasteiger partial charge in [-0.2, -0.15) is 0 Å². The number of benzene rings is 1. The first-order valence-corrected chi connectivity index (χ1v) is 6.78. The lowest BCUT2D eigenvalue weighted by atomic mass is 10.1. The van der Waals surface area contributed by atoms with Gasteiger partial charge >= 0.3 is 0 Å². The number of nitrogens with zero attached hydrogens (tertiary/aromatic N) is 1. The predicted octanol–water partition coefficient (Wildman–Crippen LogP) is 3.29. The number of ether oxygens (including phenoxy) is 2. The maximum absolute atomic E-state index is 5.87. The van der Waals surface area contributed by atoms with Gasteiger partial charge in [0, 0.05) is 31.8 Å². The number of hydrogen-bond acceptors (Lipinski definition) is 3. The maximum atomic E-state index is 5.87. The summed E-state index contributed by atoms with van der Waals surface area (Å²) in [6.45, 7) is 6.24. The summed E-state index contributed by atoms with van der Waals surface area (Å²) in [5, 5.41) is 0. The van der Waals surface area contributed by atoms with E-state index in [4.69, 9.17) is 9.47 Å². The minimum Gasteiger partial charge on any atom is -0.465 e. The molecular formula is C15H23NO2. The molecule has 1 aliphatic rings. The van der Waals surface area contributed by atoms with Crippen LogP contribution in [-0.4, -0.2) is 26.5 Å². The molecule has 1 aromatic rings. The van der Waals surface area contributed by atoms with Crippen molar-refractivity contribution in [3.05, 3.63) is 24.3 Å². The Labute approximate surface area is 110 Å². The summed E-state index contributed by atoms with van der Waals surface area (Å²) < 4.78 is 11.4. The van der Waals surface area contributed by atoms with Gasteiger partial charge in [-0.3, -0.25) is 0 Å². The van der Waals surface area contributed by atoms with Gasteiger partial charge in [0.15, 0.2) is 6.29 Å². The van der Waals surface area contributed by atoms with E-state index < -0.39 is 0 Å². The number of hydrogen-bond donors (Lipinski definition) is 0. The summed E-state index contributed by atoms with van der Waals surface area (Å²) in [5.41, 5.74) is 1.19. The molecule has 1 aliphatic heterocycles. The van der Waals surface area contributed by atoms with Crippen LogP contribution in [0.2, 0.25) is 0 Å². The maximum Gasteiger partial charge on any atom is 0.200 e. The third-order valence-electron chi connectivity index (χ3n) is 3.25. The van der Waals surface area contributed by atoms with Crippen LogP contribution in [0.4, 0.5) is 5.69 Å². The molecule has 3 heteroatoms. The van der Waals surface area contributed by atoms with Gasteiger partial charge in [0.1, 0.15) is 5.75 Å². The molecule has 0 saturated carbocycles. The van der Waals surface area contributed by atoms with Crippen LogP contribution in [0.3, 0.4) is 0 Å². The van der Waals surface area contributed by atoms with Gasteiger partial charge in [-0.05, 0) is 24.5 Å². The van der Waals surface area contributed by atoms with Crippen LogP contribution in [0.1, 0.15) is 26.7 Å². The first-order chi connectivity index (χ1) is 8.69. The third-order valence-corrected chi connectivity index (χ3v) is 3.25. The van der Waals surface area contributed by atoms with Crippen LogP contribution in [-0.2, 0) is 4.74 Å². The number of rotatable bonds is 5. The average Bonchev–Trinajstić information content (AvgIpc) is 2.75. The molecule has 0 radical (unpaired) electrons. The fourth-order valence-corrected chi connectivity index (χ4v) is 2.23. The lowest BCUT2D eigenvalue weighted by Crippen LogP contribution is -2.18. The predicted molar refractivity (Wildman–Crippen MR) is 74.2 cm³/mol. The van der Waals surface area contributed by atoms with Gasteiger partial charge in [0.25, 0.3) is 0 Å². The smallest absolute Gasteiger partial charge is 0.200 e. The van der Waals surface area contributed by atoms with E-state index in [9.17, 15) is 0 Å². The first kappa shape index (κ1) is 13.2. The monoisotopic (exact) mass is 249 g/mol. The molecule has 1 fully saturated rings. The molecule has 0 aromatic heterocycles. The Morgan fingerprint density at radius 2 is 2.28 bits per heavy atom. The molecule has 0 bridgehead atoms. The molecule has 2 atom stereocenters. The van der Waals surface area contributed by atoms with Gasteiger partial charge in [-0.25, -0.2) is 0 Å². The van der Waals surface area contributed by atoms with E-state index in [-0.39, 0.29) is 6.29 Å². The highest BCUT2D eigenvalue weighted by atomic mass is 16.7. The van der Waals surface area contributed by atoms with Crippen molar-refractivity contribution >= 4 is 5.69 Å². The normalized spacial score (nSPS) is 23.1. The topological polar surface area (TPSA) is 21.7 Å². The zero-order valence-corrected chi connectivity index (χ0v) is 11.6. The fraction of sp³-hybridized carbons (Fsp3) is 0.600. The second-order valence-electron chi connectivity index (χ2n) is 5.14. The zero-order chi connectivity index (χ0) is 13.0. The van der Waals surface area contributed by atoms with Crippen molar-refractivity contribution in [2.24, 2.45) is 5.92 Å². The van der Waals surface area contributed by atoms with E-state index in [1.807, 2.05) is 12.1 Å². The summed E-state index contributed by atoms with van der Waals surface area (Å²) >= 11 is 0. The van der Waals surface area contributed by atoms with Gasteiger partial charge in [0.2, 0.25) is 0 Å². The molecule has 0 spiro atoms. The summed E-state index contributed by atoms with van der Waals surface area (Å²) in [6, 6.07) is 8.23. The molecule has 100 valence electrons. The zero-order valence-electron chi connectivity index (χ0n) is 11.6. The lowest BCUT2D eigenvalue weighted by molar-refractivity contribution is -0.0393. The Morgan fingerprint density at radius 1 is 1.44 bits per heavy atom. The first-order valence-electron chi connectivity index (χ1n) is 6.78. The van der Waals surface area contributed by atoms with Crippen molar-refractivity contribution in [2.75, 3.05) is 25.1 Å². The second kappa shape index (κ2) is 6.10. The molecule has 1 saturated heterocycles. The standard InChI is InChI=1S/C15H23NO2/c1-4-8-16(3)13-6-5-7-14(10-13)18-15-9-12(2)11-17-15/h5-7,10,12,15H,4,8-9,11H2,1-3H3/t12-,15?/m1/s1. The molecule has 2 rings (SSSR count). The third kappa shape index (κ3) is 3.39. The van der Waals surface area contributed by atoms with Crippen molar-refractivity contribution in [3.63, 3.8) is 0 Å². The van der Waals surface area contributed by atoms with Crippen LogP contribution in [0.25, 0.3) is 0 Å². The minimum atomic E-state index is -0.0771. The second-order valence-corrected chi connectivity index (χ2v) is 5.14. The fourth-order valence-electron chi connectivity index (χ4n) is 2.23. The highest BCUT2D eigenvalue weighted by Crippen LogP contribution is 2.25. The van der Waals surface area contributed by atoms with Crippen LogP contribution >= 0.6 is 0 Å². The summed E-state index contributed by atoms with van der Waals surface area (Å²) in [7, 11) is 2.11. The quantitative estimate of drug-likeness (QED) is 0.799. The van der Waals surface area contributed by atoms with Crippen molar-refractivity contribution in [1.82, 2.24) is 0 Å². The Morgan fingerprint density at radius 3 is 2.94 bits per heavy atom. The summed E-state index contributed by atoms with van der Waals surface area (Å²) in [4.78, 5) is 2.24. The molecule has 0 N–H and O–H groups in total. The largest absolute Gasteiger partial charge is 0.465 e. The molecule has 1 aromatic carbocycles. The van der Waals surface area contributed by atoms with Gasteiger partial charge < -0.3 is 14.4 Å². The van der Waals surface area contributed by atoms with Crippen molar-refractivity contribution in [2.45, 2.75) is 33.0 Å². The van der Waals surface area contributed by atoms with Gasteiger partial charge in [-0.1, -0.05) is 19.9 Å². The Bertz CT molecular complexity index is 381. The van der Waals surface area contributed by atoms with Crippen LogP contribution in [0, 0.1) is 5.92 Å². The summed E-state index contributed by atoms with van der Waals surface area (Å²) in [5.74, 6) is 1.50. The van der Waals surface area contributed by atoms with Crippen molar-refractivity contribution < 1.29 is 9.47 Å². The molecule has 0 aliphatic carbocycles. The van der Waals surface area contributed by atoms with E-state index in [1.54, 1.807) is 0 Å². The van der Waals surface area contributed by atoms with Crippen molar-refractivity contribution in [3.8, 4) is 5.75 Å². The molecule has 0 amide bonds. The Balaban J connectivity index is 1.98. The highest BCUT2D eigenvalue weighted by molar-refractivity contribution is 5.50. The summed E-state index contributed by atoms with van der Waals surface area (Å²) in [6.07, 6.45) is 2.05. The van der Waals surface area contributed by atoms with Crippen LogP contribution in [0.5, 0.6) is 5.75 Å². The number of anilines is 1. The van der Waals surface area contributed by atoms with E-state index in [0.29, 0.717) is 5.92 Å². The molecular weight excluding hydrogens is 226 g/mol. The van der Waals surface area contributed by atoms with E-state index in [1.165, 1.54) is 5.69 Å².